The van der Waals surface area contributed by atoms with Crippen molar-refractivity contribution in [3.8, 4) is 11.5 Å². The number of nitrogens with two attached hydrogens (primary N) is 1. The molecule has 0 bridgehead atoms. The average Bonchev–Trinajstić information content (AvgIpc) is 2.82. The number of rotatable bonds is 9. The van der Waals surface area contributed by atoms with Crippen LogP contribution in [0.3, 0.4) is 0 Å². The van der Waals surface area contributed by atoms with E-state index in [9.17, 15) is 14.5 Å². The second kappa shape index (κ2) is 9.91. The summed E-state index contributed by atoms with van der Waals surface area (Å²) in [5.41, 5.74) is 7.17. The maximum absolute atomic E-state index is 13.0. The predicted octanol–water partition coefficient (Wildman–Crippen LogP) is 3.78. The van der Waals surface area contributed by atoms with Crippen LogP contribution in [-0.2, 0) is 15.5 Å². The highest BCUT2D eigenvalue weighted by molar-refractivity contribution is 7.46. The Morgan fingerprint density at radius 3 is 2.26 bits per heavy atom. The Morgan fingerprint density at radius 1 is 0.971 bits per heavy atom. The first-order chi connectivity index (χ1) is 16.5. The summed E-state index contributed by atoms with van der Waals surface area (Å²) in [6.07, 6.45) is 0.539. The van der Waals surface area contributed by atoms with Crippen molar-refractivity contribution in [1.29, 1.82) is 0 Å². The van der Waals surface area contributed by atoms with Crippen LogP contribution in [0, 0.1) is 6.92 Å². The Kier molecular flexibility index (Phi) is 7.10. The molecule has 0 radical (unpaired) electrons. The summed E-state index contributed by atoms with van der Waals surface area (Å²) in [4.78, 5) is 30.8. The lowest BCUT2D eigenvalue weighted by molar-refractivity contribution is 0.102. The van der Waals surface area contributed by atoms with Gasteiger partial charge in [0.25, 0.3) is 0 Å². The van der Waals surface area contributed by atoms with Crippen LogP contribution >= 0.6 is 7.82 Å². The van der Waals surface area contributed by atoms with Crippen LogP contribution < -0.4 is 15.9 Å². The first kappa shape index (κ1) is 25.1. The number of phosphoric ester groups is 1. The fourth-order valence-corrected chi connectivity index (χ4v) is 4.07. The van der Waals surface area contributed by atoms with E-state index >= 15 is 0 Å². The summed E-state index contributed by atoms with van der Waals surface area (Å²) in [6.45, 7) is 0.955. The van der Waals surface area contributed by atoms with E-state index in [1.165, 1.54) is 0 Å². The SMILES string of the molecule is Cc1ccc(Oc2ccc3c(=O)c4ccc(CCC(N)(CO)COP(=O)(O)O)cc4oc3c2)cc1. The maximum Gasteiger partial charge on any atom is 0.469 e. The van der Waals surface area contributed by atoms with Gasteiger partial charge in [-0.15, -0.1) is 0 Å². The normalized spacial score (nSPS) is 13.7. The second-order valence-electron chi connectivity index (χ2n) is 8.62. The summed E-state index contributed by atoms with van der Waals surface area (Å²) >= 11 is 0. The molecule has 0 amide bonds. The summed E-state index contributed by atoms with van der Waals surface area (Å²) < 4.78 is 27.4. The number of fused-ring (bicyclic) bond motifs is 2. The van der Waals surface area contributed by atoms with Crippen LogP contribution in [0.1, 0.15) is 17.5 Å². The molecule has 0 aliphatic carbocycles. The summed E-state index contributed by atoms with van der Waals surface area (Å²) in [5, 5.41) is 10.4. The molecule has 10 heteroatoms. The molecule has 4 rings (SSSR count). The molecule has 3 aromatic carbocycles. The lowest BCUT2D eigenvalue weighted by Crippen LogP contribution is -2.48. The zero-order valence-corrected chi connectivity index (χ0v) is 19.9. The minimum absolute atomic E-state index is 0.173. The van der Waals surface area contributed by atoms with E-state index in [1.54, 1.807) is 36.4 Å². The van der Waals surface area contributed by atoms with Crippen LogP contribution in [0.2, 0.25) is 0 Å². The first-order valence-electron chi connectivity index (χ1n) is 10.9. The van der Waals surface area contributed by atoms with Crippen LogP contribution in [0.5, 0.6) is 11.5 Å². The number of hydrogen-bond donors (Lipinski definition) is 4. The van der Waals surface area contributed by atoms with Crippen molar-refractivity contribution in [3.63, 3.8) is 0 Å². The van der Waals surface area contributed by atoms with Crippen LogP contribution in [0.4, 0.5) is 0 Å². The largest absolute Gasteiger partial charge is 0.469 e. The third kappa shape index (κ3) is 6.15. The van der Waals surface area contributed by atoms with Crippen LogP contribution in [0.15, 0.2) is 69.9 Å². The topological polar surface area (TPSA) is 152 Å². The summed E-state index contributed by atoms with van der Waals surface area (Å²) in [6, 6.07) is 17.8. The number of aryl methyl sites for hydroxylation is 2. The molecule has 0 saturated carbocycles. The molecule has 0 saturated heterocycles. The van der Waals surface area contributed by atoms with E-state index < -0.39 is 26.6 Å². The van der Waals surface area contributed by atoms with Crippen molar-refractivity contribution < 1.29 is 33.1 Å². The maximum atomic E-state index is 13.0. The molecule has 4 aromatic rings. The molecule has 1 unspecified atom stereocenters. The Hall–Kier alpha value is -3.04. The third-order valence-electron chi connectivity index (χ3n) is 5.71. The number of aliphatic hydroxyl groups is 1. The fraction of sp³-hybridized carbons (Fsp3) is 0.240. The van der Waals surface area contributed by atoms with Gasteiger partial charge in [0.2, 0.25) is 5.43 Å². The monoisotopic (exact) mass is 499 g/mol. The quantitative estimate of drug-likeness (QED) is 0.199. The first-order valence-corrected chi connectivity index (χ1v) is 12.4. The molecule has 1 atom stereocenters. The van der Waals surface area contributed by atoms with Crippen molar-refractivity contribution in [2.45, 2.75) is 25.3 Å². The minimum atomic E-state index is -4.71. The van der Waals surface area contributed by atoms with Gasteiger partial charge in [0.05, 0.1) is 29.5 Å². The Bertz CT molecular complexity index is 1460. The van der Waals surface area contributed by atoms with Gasteiger partial charge in [-0.1, -0.05) is 23.8 Å². The smallest absolute Gasteiger partial charge is 0.457 e. The zero-order valence-electron chi connectivity index (χ0n) is 19.0. The second-order valence-corrected chi connectivity index (χ2v) is 9.86. The van der Waals surface area contributed by atoms with Crippen molar-refractivity contribution in [2.75, 3.05) is 13.2 Å². The lowest BCUT2D eigenvalue weighted by atomic mass is 9.93. The molecule has 5 N–H and O–H groups in total. The highest BCUT2D eigenvalue weighted by atomic mass is 31.2. The van der Waals surface area contributed by atoms with Crippen molar-refractivity contribution >= 4 is 29.8 Å². The molecule has 1 heterocycles. The molecule has 0 aliphatic heterocycles. The molecular weight excluding hydrogens is 473 g/mol. The van der Waals surface area contributed by atoms with Gasteiger partial charge in [-0.05, 0) is 61.7 Å². The molecule has 1 aromatic heterocycles. The number of phosphoric acid groups is 1. The Labute approximate surface area is 201 Å². The molecular formula is C25H26NO8P. The van der Waals surface area contributed by atoms with Gasteiger partial charge in [0.15, 0.2) is 0 Å². The summed E-state index contributed by atoms with van der Waals surface area (Å²) in [5.74, 6) is 1.19. The fourth-order valence-electron chi connectivity index (χ4n) is 3.64. The van der Waals surface area contributed by atoms with Crippen molar-refractivity contribution in [1.82, 2.24) is 0 Å². The van der Waals surface area contributed by atoms with Crippen molar-refractivity contribution in [2.24, 2.45) is 5.73 Å². The van der Waals surface area contributed by atoms with Crippen LogP contribution in [0.25, 0.3) is 21.9 Å². The van der Waals surface area contributed by atoms with E-state index in [0.29, 0.717) is 39.9 Å². The molecule has 35 heavy (non-hydrogen) atoms. The average molecular weight is 499 g/mol. The predicted molar refractivity (Wildman–Crippen MR) is 132 cm³/mol. The van der Waals surface area contributed by atoms with E-state index in [0.717, 1.165) is 11.1 Å². The zero-order chi connectivity index (χ0) is 25.2. The van der Waals surface area contributed by atoms with Gasteiger partial charge in [0.1, 0.15) is 22.7 Å². The molecule has 0 fully saturated rings. The standard InChI is InChI=1S/C25H26NO8P/c1-16-2-5-18(6-3-16)33-19-7-9-21-23(13-19)34-22-12-17(4-8-20(22)24(21)28)10-11-25(26,14-27)15-32-35(29,30)31/h2-9,12-13,27H,10-11,14-15,26H2,1H3,(H2,29,30,31). The van der Waals surface area contributed by atoms with Crippen molar-refractivity contribution in [3.05, 3.63) is 82.0 Å². The molecule has 184 valence electrons. The Balaban J connectivity index is 1.59. The van der Waals surface area contributed by atoms with Gasteiger partial charge in [0, 0.05) is 6.07 Å². The van der Waals surface area contributed by atoms with E-state index in [-0.39, 0.29) is 11.8 Å². The highest BCUT2D eigenvalue weighted by Crippen LogP contribution is 2.37. The third-order valence-corrected chi connectivity index (χ3v) is 6.18. The summed E-state index contributed by atoms with van der Waals surface area (Å²) in [7, 11) is -4.71. The lowest BCUT2D eigenvalue weighted by Gasteiger charge is -2.27. The number of benzene rings is 3. The van der Waals surface area contributed by atoms with E-state index in [1.807, 2.05) is 31.2 Å². The van der Waals surface area contributed by atoms with Gasteiger partial charge in [-0.3, -0.25) is 9.32 Å². The van der Waals surface area contributed by atoms with Gasteiger partial charge in [-0.25, -0.2) is 4.57 Å². The number of aliphatic hydroxyl groups excluding tert-OH is 1. The van der Waals surface area contributed by atoms with E-state index in [4.69, 9.17) is 24.7 Å². The number of hydrogen-bond acceptors (Lipinski definition) is 7. The van der Waals surface area contributed by atoms with Crippen LogP contribution in [-0.4, -0.2) is 33.6 Å². The molecule has 9 nitrogen and oxygen atoms in total. The number of ether oxygens (including phenoxy) is 1. The van der Waals surface area contributed by atoms with Gasteiger partial charge in [-0.2, -0.15) is 0 Å². The highest BCUT2D eigenvalue weighted by Gasteiger charge is 2.28. The molecule has 0 aliphatic rings. The van der Waals surface area contributed by atoms with Gasteiger partial charge < -0.3 is 29.8 Å². The molecule has 0 spiro atoms. The van der Waals surface area contributed by atoms with Gasteiger partial charge >= 0.3 is 7.82 Å². The Morgan fingerprint density at radius 2 is 1.60 bits per heavy atom. The minimum Gasteiger partial charge on any atom is -0.457 e. The van der Waals surface area contributed by atoms with E-state index in [2.05, 4.69) is 4.52 Å².